The van der Waals surface area contributed by atoms with E-state index in [2.05, 4.69) is 47.8 Å². The van der Waals surface area contributed by atoms with Gasteiger partial charge in [-0.05, 0) is 132 Å². The second-order valence-corrected chi connectivity index (χ2v) is 14.4. The first-order valence-corrected chi connectivity index (χ1v) is 15.8. The molecule has 2 aliphatic rings. The van der Waals surface area contributed by atoms with Crippen molar-refractivity contribution in [3.8, 4) is 11.5 Å². The van der Waals surface area contributed by atoms with Crippen molar-refractivity contribution in [2.24, 2.45) is 23.7 Å². The molecular weight excluding hydrogens is 890 g/mol. The Balaban J connectivity index is 1.57. The van der Waals surface area contributed by atoms with E-state index in [0.717, 1.165) is 23.7 Å². The summed E-state index contributed by atoms with van der Waals surface area (Å²) in [5.41, 5.74) is 0. The number of hydrogen-bond acceptors (Lipinski definition) is 7. The summed E-state index contributed by atoms with van der Waals surface area (Å²) in [4.78, 5) is 26.1. The quantitative estimate of drug-likeness (QED) is 0.151. The van der Waals surface area contributed by atoms with Crippen LogP contribution >= 0.6 is 93.0 Å². The van der Waals surface area contributed by atoms with Crippen LogP contribution in [0.3, 0.4) is 0 Å². The van der Waals surface area contributed by atoms with Gasteiger partial charge in [0, 0.05) is 11.6 Å². The predicted molar refractivity (Wildman–Crippen MR) is 148 cm³/mol. The average Bonchev–Trinajstić information content (AvgIpc) is 3.30. The summed E-state index contributed by atoms with van der Waals surface area (Å²) in [7, 11) is -4.67. The number of halogens is 5. The van der Waals surface area contributed by atoms with E-state index < -0.39 is 33.9 Å². The van der Waals surface area contributed by atoms with Gasteiger partial charge >= 0.3 is 11.9 Å². The third-order valence-electron chi connectivity index (χ3n) is 6.07. The molecule has 4 rings (SSSR count). The molecule has 0 aromatic heterocycles. The summed E-state index contributed by atoms with van der Waals surface area (Å²) in [5.74, 6) is -1.88. The van der Waals surface area contributed by atoms with E-state index in [-0.39, 0.29) is 29.6 Å². The van der Waals surface area contributed by atoms with Crippen molar-refractivity contribution < 1.29 is 32.0 Å². The fourth-order valence-electron chi connectivity index (χ4n) is 4.78. The van der Waals surface area contributed by atoms with Crippen molar-refractivity contribution in [3.63, 3.8) is 0 Å². The fraction of sp³-hybridized carbons (Fsp3) is 0.333. The van der Waals surface area contributed by atoms with E-state index in [1.165, 1.54) is 12.1 Å². The number of benzene rings is 2. The lowest BCUT2D eigenvalue weighted by molar-refractivity contribution is -0.153. The molecule has 2 aliphatic carbocycles. The van der Waals surface area contributed by atoms with Gasteiger partial charge in [-0.15, -0.1) is 0 Å². The van der Waals surface area contributed by atoms with Crippen LogP contribution in [0.1, 0.15) is 19.3 Å². The molecule has 2 aromatic rings. The van der Waals surface area contributed by atoms with Crippen LogP contribution in [0.25, 0.3) is 0 Å². The SMILES string of the molecule is O=C(Oc1cc(I)c(S(=O)(=O)[O-])c(I)c1)C1C2CCC(C2)C1C(=O)Oc1c(Br)cc(Br)cc1Br. The van der Waals surface area contributed by atoms with Crippen LogP contribution < -0.4 is 9.47 Å². The average molecular weight is 904 g/mol. The molecule has 0 spiro atoms. The van der Waals surface area contributed by atoms with Gasteiger partial charge in [0.1, 0.15) is 15.9 Å². The Bertz CT molecular complexity index is 1260. The highest BCUT2D eigenvalue weighted by molar-refractivity contribution is 14.1. The third-order valence-corrected chi connectivity index (χ3v) is 11.1. The highest BCUT2D eigenvalue weighted by Crippen LogP contribution is 2.53. The third kappa shape index (κ3) is 5.54. The van der Waals surface area contributed by atoms with Crippen LogP contribution in [0.4, 0.5) is 0 Å². The number of hydrogen-bond donors (Lipinski definition) is 0. The molecule has 34 heavy (non-hydrogen) atoms. The minimum absolute atomic E-state index is 0.00582. The van der Waals surface area contributed by atoms with Crippen LogP contribution in [0, 0.1) is 30.8 Å². The first-order chi connectivity index (χ1) is 15.9. The van der Waals surface area contributed by atoms with Crippen LogP contribution in [0.15, 0.2) is 42.6 Å². The zero-order chi connectivity index (χ0) is 24.9. The van der Waals surface area contributed by atoms with E-state index in [4.69, 9.17) is 9.47 Å². The van der Waals surface area contributed by atoms with Gasteiger partial charge in [0.25, 0.3) is 0 Å². The lowest BCUT2D eigenvalue weighted by atomic mass is 9.79. The van der Waals surface area contributed by atoms with Gasteiger partial charge in [-0.3, -0.25) is 9.59 Å². The normalized spacial score (nSPS) is 23.7. The van der Waals surface area contributed by atoms with Gasteiger partial charge in [-0.2, -0.15) is 0 Å². The van der Waals surface area contributed by atoms with Crippen LogP contribution in [0.2, 0.25) is 0 Å². The Morgan fingerprint density at radius 3 is 1.82 bits per heavy atom. The van der Waals surface area contributed by atoms with Crippen LogP contribution in [-0.4, -0.2) is 24.9 Å². The maximum atomic E-state index is 13.2. The maximum absolute atomic E-state index is 13.2. The van der Waals surface area contributed by atoms with E-state index >= 15 is 0 Å². The van der Waals surface area contributed by atoms with Gasteiger partial charge in [-0.1, -0.05) is 15.9 Å². The molecule has 13 heteroatoms. The smallest absolute Gasteiger partial charge is 0.315 e. The largest absolute Gasteiger partial charge is 0.744 e. The minimum atomic E-state index is -4.67. The first kappa shape index (κ1) is 27.2. The molecule has 0 heterocycles. The zero-order valence-electron chi connectivity index (χ0n) is 16.9. The molecule has 0 aliphatic heterocycles. The number of carbonyl (C=O) groups is 2. The topological polar surface area (TPSA) is 110 Å². The fourth-order valence-corrected chi connectivity index (χ4v) is 11.1. The molecule has 182 valence electrons. The van der Waals surface area contributed by atoms with Gasteiger partial charge < -0.3 is 14.0 Å². The van der Waals surface area contributed by atoms with Crippen molar-refractivity contribution in [2.45, 2.75) is 24.2 Å². The number of carbonyl (C=O) groups excluding carboxylic acids is 2. The predicted octanol–water partition coefficient (Wildman–Crippen LogP) is 6.26. The monoisotopic (exact) mass is 901 g/mol. The molecular formula is C21H14Br3I2O7S-. The molecule has 2 bridgehead atoms. The summed E-state index contributed by atoms with van der Waals surface area (Å²) in [6, 6.07) is 6.19. The second-order valence-electron chi connectivity index (χ2n) is 8.10. The molecule has 7 nitrogen and oxygen atoms in total. The molecule has 0 amide bonds. The Kier molecular flexibility index (Phi) is 8.42. The van der Waals surface area contributed by atoms with Crippen molar-refractivity contribution in [1.82, 2.24) is 0 Å². The number of esters is 2. The Hall–Kier alpha value is 0.190. The number of fused-ring (bicyclic) bond motifs is 2. The molecule has 4 atom stereocenters. The zero-order valence-corrected chi connectivity index (χ0v) is 26.8. The highest BCUT2D eigenvalue weighted by Gasteiger charge is 2.55. The van der Waals surface area contributed by atoms with E-state index in [0.29, 0.717) is 14.7 Å². The molecule has 2 fully saturated rings. The van der Waals surface area contributed by atoms with E-state index in [1.54, 1.807) is 57.3 Å². The highest BCUT2D eigenvalue weighted by atomic mass is 127. The van der Waals surface area contributed by atoms with Crippen molar-refractivity contribution in [2.75, 3.05) is 0 Å². The summed E-state index contributed by atoms with van der Waals surface area (Å²) in [6.45, 7) is 0. The molecule has 0 radical (unpaired) electrons. The Labute approximate surface area is 248 Å². The molecule has 0 N–H and O–H groups in total. The van der Waals surface area contributed by atoms with E-state index in [1.807, 2.05) is 0 Å². The lowest BCUT2D eigenvalue weighted by Crippen LogP contribution is -2.39. The van der Waals surface area contributed by atoms with Gasteiger partial charge in [0.05, 0.1) is 25.7 Å². The Morgan fingerprint density at radius 1 is 0.882 bits per heavy atom. The maximum Gasteiger partial charge on any atom is 0.315 e. The van der Waals surface area contributed by atoms with E-state index in [9.17, 15) is 22.6 Å². The first-order valence-electron chi connectivity index (χ1n) is 9.89. The Morgan fingerprint density at radius 2 is 1.35 bits per heavy atom. The molecule has 0 saturated heterocycles. The summed E-state index contributed by atoms with van der Waals surface area (Å²) < 4.78 is 48.1. The van der Waals surface area contributed by atoms with Crippen molar-refractivity contribution in [1.29, 1.82) is 0 Å². The minimum Gasteiger partial charge on any atom is -0.744 e. The van der Waals surface area contributed by atoms with Crippen molar-refractivity contribution >= 4 is 115 Å². The summed E-state index contributed by atoms with van der Waals surface area (Å²) in [5, 5.41) is 0. The molecule has 2 aromatic carbocycles. The summed E-state index contributed by atoms with van der Waals surface area (Å²) in [6.07, 6.45) is 2.40. The standard InChI is InChI=1S/C21H15Br3I2O7S/c22-10-4-12(23)18(13(24)5-10)33-21(28)17-9-2-1-8(3-9)16(17)20(27)32-11-6-14(25)19(15(26)7-11)34(29,30)31/h4-9,16-17H,1-3H2,(H,29,30,31)/p-1. The van der Waals surface area contributed by atoms with Crippen LogP contribution in [0.5, 0.6) is 11.5 Å². The van der Waals surface area contributed by atoms with Gasteiger partial charge in [-0.25, -0.2) is 8.42 Å². The number of ether oxygens (including phenoxy) is 2. The van der Waals surface area contributed by atoms with Crippen molar-refractivity contribution in [3.05, 3.63) is 44.8 Å². The van der Waals surface area contributed by atoms with Crippen LogP contribution in [-0.2, 0) is 19.7 Å². The lowest BCUT2D eigenvalue weighted by Gasteiger charge is -2.28. The summed E-state index contributed by atoms with van der Waals surface area (Å²) >= 11 is 13.6. The van der Waals surface area contributed by atoms with Gasteiger partial charge in [0.2, 0.25) is 0 Å². The molecule has 4 unspecified atom stereocenters. The second kappa shape index (κ2) is 10.5. The van der Waals surface area contributed by atoms with Gasteiger partial charge in [0.15, 0.2) is 5.75 Å². The molecule has 2 saturated carbocycles. The number of rotatable bonds is 5.